The molecular formula is C14H19ClN2O2S. The minimum Gasteiger partial charge on any atom is -0.244 e. The number of halogens is 1. The van der Waals surface area contributed by atoms with E-state index in [2.05, 4.69) is 4.98 Å². The Hall–Kier alpha value is -0.650. The minimum atomic E-state index is -3.43. The molecule has 0 radical (unpaired) electrons. The second-order valence-corrected chi connectivity index (χ2v) is 8.10. The number of piperidine rings is 1. The smallest absolute Gasteiger partial charge is 0.243 e. The van der Waals surface area contributed by atoms with Gasteiger partial charge in [-0.3, -0.25) is 0 Å². The fraction of sp³-hybridized carbons (Fsp3) is 0.643. The van der Waals surface area contributed by atoms with E-state index in [-0.39, 0.29) is 10.0 Å². The van der Waals surface area contributed by atoms with E-state index in [1.54, 1.807) is 4.31 Å². The van der Waals surface area contributed by atoms with Crippen molar-refractivity contribution in [2.45, 2.75) is 37.0 Å². The number of rotatable bonds is 2. The lowest BCUT2D eigenvalue weighted by Crippen LogP contribution is -2.44. The molecule has 0 bridgehead atoms. The van der Waals surface area contributed by atoms with Crippen LogP contribution in [0.15, 0.2) is 23.2 Å². The average molecular weight is 315 g/mol. The minimum absolute atomic E-state index is 0.221. The largest absolute Gasteiger partial charge is 0.244 e. The summed E-state index contributed by atoms with van der Waals surface area (Å²) in [5.74, 6) is 1.25. The topological polar surface area (TPSA) is 50.3 Å². The highest BCUT2D eigenvalue weighted by atomic mass is 35.5. The zero-order valence-corrected chi connectivity index (χ0v) is 12.9. The Morgan fingerprint density at radius 3 is 2.70 bits per heavy atom. The summed E-state index contributed by atoms with van der Waals surface area (Å²) in [5, 5.41) is 0.221. The van der Waals surface area contributed by atoms with Gasteiger partial charge in [-0.1, -0.05) is 30.9 Å². The lowest BCUT2D eigenvalue weighted by atomic mass is 9.76. The van der Waals surface area contributed by atoms with Crippen molar-refractivity contribution in [3.05, 3.63) is 23.5 Å². The van der Waals surface area contributed by atoms with Gasteiger partial charge in [-0.05, 0) is 36.8 Å². The molecule has 2 aliphatic rings. The highest BCUT2D eigenvalue weighted by Crippen LogP contribution is 2.37. The number of pyridine rings is 1. The predicted molar refractivity (Wildman–Crippen MR) is 78.1 cm³/mol. The van der Waals surface area contributed by atoms with Crippen molar-refractivity contribution >= 4 is 21.6 Å². The summed E-state index contributed by atoms with van der Waals surface area (Å²) < 4.78 is 26.9. The maximum atomic E-state index is 12.7. The van der Waals surface area contributed by atoms with Gasteiger partial charge in [0.2, 0.25) is 10.0 Å². The van der Waals surface area contributed by atoms with Gasteiger partial charge in [0.25, 0.3) is 0 Å². The first-order chi connectivity index (χ1) is 9.57. The van der Waals surface area contributed by atoms with Crippen LogP contribution in [0.25, 0.3) is 0 Å². The van der Waals surface area contributed by atoms with E-state index in [1.165, 1.54) is 37.6 Å². The maximum Gasteiger partial charge on any atom is 0.243 e. The summed E-state index contributed by atoms with van der Waals surface area (Å²) in [5.41, 5.74) is 0. The molecule has 1 aliphatic carbocycles. The van der Waals surface area contributed by atoms with Crippen molar-refractivity contribution in [1.82, 2.24) is 9.29 Å². The van der Waals surface area contributed by atoms with Crippen LogP contribution in [0.2, 0.25) is 5.15 Å². The molecular weight excluding hydrogens is 296 g/mol. The zero-order chi connectivity index (χ0) is 14.2. The molecule has 1 saturated carbocycles. The summed E-state index contributed by atoms with van der Waals surface area (Å²) in [7, 11) is -3.43. The average Bonchev–Trinajstić information content (AvgIpc) is 2.46. The lowest BCUT2D eigenvalue weighted by Gasteiger charge is -2.40. The summed E-state index contributed by atoms with van der Waals surface area (Å²) in [6, 6.07) is 2.96. The van der Waals surface area contributed by atoms with Crippen LogP contribution < -0.4 is 0 Å². The number of sulfonamides is 1. The van der Waals surface area contributed by atoms with Crippen LogP contribution in [0, 0.1) is 11.8 Å². The van der Waals surface area contributed by atoms with Crippen LogP contribution in [0.3, 0.4) is 0 Å². The molecule has 1 aliphatic heterocycles. The van der Waals surface area contributed by atoms with Crippen molar-refractivity contribution in [2.75, 3.05) is 13.1 Å². The first-order valence-corrected chi connectivity index (χ1v) is 9.01. The van der Waals surface area contributed by atoms with E-state index in [9.17, 15) is 8.42 Å². The van der Waals surface area contributed by atoms with E-state index in [0.717, 1.165) is 18.8 Å². The standard InChI is InChI=1S/C14H19ClN2O2S/c15-14-9-13(5-7-16-14)20(18,19)17-8-6-11-3-1-2-4-12(11)10-17/h5,7,9,11-12H,1-4,6,8,10H2. The van der Waals surface area contributed by atoms with Gasteiger partial charge < -0.3 is 0 Å². The van der Waals surface area contributed by atoms with E-state index in [1.807, 2.05) is 0 Å². The van der Waals surface area contributed by atoms with Crippen LogP contribution in [-0.2, 0) is 10.0 Å². The summed E-state index contributed by atoms with van der Waals surface area (Å²) in [6.45, 7) is 1.29. The first kappa shape index (κ1) is 14.3. The molecule has 2 heterocycles. The molecule has 2 fully saturated rings. The van der Waals surface area contributed by atoms with E-state index in [4.69, 9.17) is 11.6 Å². The van der Waals surface area contributed by atoms with Crippen molar-refractivity contribution in [1.29, 1.82) is 0 Å². The van der Waals surface area contributed by atoms with E-state index >= 15 is 0 Å². The molecule has 6 heteroatoms. The van der Waals surface area contributed by atoms with Gasteiger partial charge >= 0.3 is 0 Å². The van der Waals surface area contributed by atoms with Crippen molar-refractivity contribution in [3.8, 4) is 0 Å². The highest BCUT2D eigenvalue weighted by Gasteiger charge is 2.36. The summed E-state index contributed by atoms with van der Waals surface area (Å²) in [4.78, 5) is 4.10. The zero-order valence-electron chi connectivity index (χ0n) is 11.3. The molecule has 0 amide bonds. The number of hydrogen-bond donors (Lipinski definition) is 0. The molecule has 0 spiro atoms. The Balaban J connectivity index is 1.81. The second-order valence-electron chi connectivity index (χ2n) is 5.77. The fourth-order valence-electron chi connectivity index (χ4n) is 3.48. The Labute approximate surface area is 125 Å². The molecule has 1 saturated heterocycles. The molecule has 20 heavy (non-hydrogen) atoms. The Morgan fingerprint density at radius 1 is 1.20 bits per heavy atom. The molecule has 0 N–H and O–H groups in total. The summed E-state index contributed by atoms with van der Waals surface area (Å²) in [6.07, 6.45) is 7.39. The molecule has 2 atom stereocenters. The van der Waals surface area contributed by atoms with Gasteiger partial charge in [0, 0.05) is 19.3 Å². The van der Waals surface area contributed by atoms with E-state index in [0.29, 0.717) is 19.0 Å². The Kier molecular flexibility index (Phi) is 4.02. The van der Waals surface area contributed by atoms with Crippen molar-refractivity contribution in [2.24, 2.45) is 11.8 Å². The monoisotopic (exact) mass is 314 g/mol. The van der Waals surface area contributed by atoms with Gasteiger partial charge in [0.15, 0.2) is 0 Å². The highest BCUT2D eigenvalue weighted by molar-refractivity contribution is 7.89. The predicted octanol–water partition coefficient (Wildman–Crippen LogP) is 2.94. The normalized spacial score (nSPS) is 28.1. The van der Waals surface area contributed by atoms with E-state index < -0.39 is 10.0 Å². The lowest BCUT2D eigenvalue weighted by molar-refractivity contribution is 0.136. The Bertz CT molecular complexity index is 591. The fourth-order valence-corrected chi connectivity index (χ4v) is 5.24. The molecule has 2 unspecified atom stereocenters. The number of nitrogens with zero attached hydrogens (tertiary/aromatic N) is 2. The van der Waals surface area contributed by atoms with Gasteiger partial charge in [-0.15, -0.1) is 0 Å². The van der Waals surface area contributed by atoms with Crippen LogP contribution in [0.1, 0.15) is 32.1 Å². The molecule has 0 aromatic carbocycles. The van der Waals surface area contributed by atoms with Crippen molar-refractivity contribution < 1.29 is 8.42 Å². The third-order valence-electron chi connectivity index (χ3n) is 4.59. The van der Waals surface area contributed by atoms with Crippen LogP contribution in [0.4, 0.5) is 0 Å². The second kappa shape index (κ2) is 5.62. The van der Waals surface area contributed by atoms with Crippen LogP contribution >= 0.6 is 11.6 Å². The molecule has 1 aromatic heterocycles. The maximum absolute atomic E-state index is 12.7. The molecule has 3 rings (SSSR count). The van der Waals surface area contributed by atoms with Gasteiger partial charge in [0.05, 0.1) is 4.90 Å². The SMILES string of the molecule is O=S(=O)(c1ccnc(Cl)c1)N1CCC2CCCCC2C1. The van der Waals surface area contributed by atoms with Crippen LogP contribution in [0.5, 0.6) is 0 Å². The number of hydrogen-bond acceptors (Lipinski definition) is 3. The Morgan fingerprint density at radius 2 is 1.95 bits per heavy atom. The van der Waals surface area contributed by atoms with Crippen LogP contribution in [-0.4, -0.2) is 30.8 Å². The summed E-state index contributed by atoms with van der Waals surface area (Å²) >= 11 is 5.81. The number of fused-ring (bicyclic) bond motifs is 1. The van der Waals surface area contributed by atoms with Gasteiger partial charge in [-0.25, -0.2) is 13.4 Å². The third-order valence-corrected chi connectivity index (χ3v) is 6.66. The first-order valence-electron chi connectivity index (χ1n) is 7.19. The van der Waals surface area contributed by atoms with Crippen molar-refractivity contribution in [3.63, 3.8) is 0 Å². The molecule has 110 valence electrons. The van der Waals surface area contributed by atoms with Gasteiger partial charge in [0.1, 0.15) is 5.15 Å². The third kappa shape index (κ3) is 2.71. The number of aromatic nitrogens is 1. The quantitative estimate of drug-likeness (QED) is 0.789. The van der Waals surface area contributed by atoms with Gasteiger partial charge in [-0.2, -0.15) is 4.31 Å². The molecule has 4 nitrogen and oxygen atoms in total. The molecule has 1 aromatic rings.